The average Bonchev–Trinajstić information content (AvgIpc) is 3.09. The van der Waals surface area contributed by atoms with Gasteiger partial charge in [-0.1, -0.05) is 185 Å². The van der Waals surface area contributed by atoms with Crippen LogP contribution in [-0.2, 0) is 37.0 Å². The molecule has 2 aromatic carbocycles. The van der Waals surface area contributed by atoms with Crippen LogP contribution < -0.4 is 4.74 Å². The Morgan fingerprint density at radius 2 is 0.945 bits per heavy atom. The lowest BCUT2D eigenvalue weighted by molar-refractivity contribution is -0.143. The van der Waals surface area contributed by atoms with Crippen LogP contribution in [0.4, 0.5) is 0 Å². The number of aromatic hydroxyl groups is 2. The number of benzene rings is 2. The number of phenolic OH excluding ortho intramolecular Hbond substituents is 2. The van der Waals surface area contributed by atoms with E-state index in [0.29, 0.717) is 37.4 Å². The molecule has 2 aromatic rings. The lowest BCUT2D eigenvalue weighted by Crippen LogP contribution is -2.18. The van der Waals surface area contributed by atoms with E-state index in [1.165, 1.54) is 89.9 Å². The zero-order chi connectivity index (χ0) is 41.7. The lowest BCUT2D eigenvalue weighted by Gasteiger charge is -2.28. The fourth-order valence-electron chi connectivity index (χ4n) is 6.72. The Balaban J connectivity index is 0.000000738. The summed E-state index contributed by atoms with van der Waals surface area (Å²) < 4.78 is 10.7. The lowest BCUT2D eigenvalue weighted by atomic mass is 9.78. The number of esters is 2. The first-order chi connectivity index (χ1) is 25.7. The van der Waals surface area contributed by atoms with Crippen molar-refractivity contribution in [2.75, 3.05) is 6.61 Å². The maximum Gasteiger partial charge on any atom is 0.310 e. The minimum Gasteiger partial charge on any atom is -0.507 e. The smallest absolute Gasteiger partial charge is 0.310 e. The molecule has 0 aliphatic carbocycles. The van der Waals surface area contributed by atoms with Crippen molar-refractivity contribution in [1.29, 1.82) is 0 Å². The number of aryl methyl sites for hydroxylation is 2. The van der Waals surface area contributed by atoms with Gasteiger partial charge in [0.05, 0.1) is 6.61 Å². The highest BCUT2D eigenvalue weighted by Gasteiger charge is 2.27. The van der Waals surface area contributed by atoms with E-state index in [4.69, 9.17) is 9.47 Å². The Bertz CT molecular complexity index is 1370. The van der Waals surface area contributed by atoms with Crippen molar-refractivity contribution in [2.45, 2.75) is 221 Å². The summed E-state index contributed by atoms with van der Waals surface area (Å²) in [5, 5.41) is 20.9. The molecule has 0 aliphatic heterocycles. The summed E-state index contributed by atoms with van der Waals surface area (Å²) in [4.78, 5) is 23.6. The Hall–Kier alpha value is -3.02. The molecule has 2 rings (SSSR count). The molecule has 0 aliphatic rings. The fraction of sp³-hybridized carbons (Fsp3) is 0.714. The van der Waals surface area contributed by atoms with Crippen molar-refractivity contribution < 1.29 is 29.3 Å². The molecule has 6 heteroatoms. The minimum absolute atomic E-state index is 0.117. The zero-order valence-corrected chi connectivity index (χ0v) is 37.5. The molecule has 2 N–H and O–H groups in total. The van der Waals surface area contributed by atoms with E-state index >= 15 is 0 Å². The van der Waals surface area contributed by atoms with Gasteiger partial charge in [0.1, 0.15) is 17.2 Å². The number of hydrogen-bond acceptors (Lipinski definition) is 6. The molecule has 0 heterocycles. The van der Waals surface area contributed by atoms with E-state index in [1.807, 2.05) is 20.8 Å². The second kappa shape index (κ2) is 25.3. The van der Waals surface area contributed by atoms with Gasteiger partial charge in [-0.25, -0.2) is 0 Å². The van der Waals surface area contributed by atoms with Gasteiger partial charge in [0.2, 0.25) is 0 Å². The van der Waals surface area contributed by atoms with E-state index < -0.39 is 0 Å². The van der Waals surface area contributed by atoms with Gasteiger partial charge in [-0.05, 0) is 70.4 Å². The van der Waals surface area contributed by atoms with Crippen LogP contribution in [0.3, 0.4) is 0 Å². The standard InChI is InChI=1S/C35H62O3.C14H20O3/c1-8-9-10-11-12-13-14-15-16-17-18-19-20-21-22-23-26-38-32(36)25-24-29-27-30(34(2,3)4)33(37)31(28-29)35(5,6)7;1-6-12(15)17-10-7-9(2)13(16)11(8-10)14(3,4)5/h27-28,37H,8-26H2,1-7H3;7-8,16H,6H2,1-5H3. The minimum atomic E-state index is -0.269. The summed E-state index contributed by atoms with van der Waals surface area (Å²) >= 11 is 0. The maximum atomic E-state index is 12.3. The number of unbranched alkanes of at least 4 members (excludes halogenated alkanes) is 15. The number of rotatable bonds is 22. The molecule has 0 atom stereocenters. The molecule has 0 spiro atoms. The van der Waals surface area contributed by atoms with Crippen molar-refractivity contribution in [3.8, 4) is 17.2 Å². The molecule has 0 unspecified atom stereocenters. The highest BCUT2D eigenvalue weighted by atomic mass is 16.5. The van der Waals surface area contributed by atoms with Gasteiger partial charge >= 0.3 is 11.9 Å². The van der Waals surface area contributed by atoms with E-state index in [9.17, 15) is 19.8 Å². The van der Waals surface area contributed by atoms with Crippen LogP contribution in [0, 0.1) is 6.92 Å². The van der Waals surface area contributed by atoms with Crippen molar-refractivity contribution >= 4 is 11.9 Å². The van der Waals surface area contributed by atoms with Crippen LogP contribution in [0.15, 0.2) is 24.3 Å². The molecule has 0 radical (unpaired) electrons. The molecule has 0 fully saturated rings. The van der Waals surface area contributed by atoms with Gasteiger partial charge in [0.15, 0.2) is 0 Å². The van der Waals surface area contributed by atoms with E-state index in [0.717, 1.165) is 40.7 Å². The summed E-state index contributed by atoms with van der Waals surface area (Å²) in [5.74, 6) is 0.772. The van der Waals surface area contributed by atoms with Crippen LogP contribution in [-0.4, -0.2) is 28.8 Å². The summed E-state index contributed by atoms with van der Waals surface area (Å²) in [6.07, 6.45) is 22.9. The first-order valence-electron chi connectivity index (χ1n) is 21.8. The number of phenols is 2. The number of carbonyl (C=O) groups excluding carboxylic acids is 2. The van der Waals surface area contributed by atoms with Gasteiger partial charge in [0.25, 0.3) is 0 Å². The highest BCUT2D eigenvalue weighted by molar-refractivity contribution is 5.72. The van der Waals surface area contributed by atoms with Crippen molar-refractivity contribution in [3.05, 3.63) is 52.1 Å². The maximum absolute atomic E-state index is 12.3. The van der Waals surface area contributed by atoms with Crippen molar-refractivity contribution in [3.63, 3.8) is 0 Å². The molecular weight excluding hydrogens is 685 g/mol. The Kier molecular flexibility index (Phi) is 23.0. The first kappa shape index (κ1) is 50.0. The second-order valence-electron chi connectivity index (χ2n) is 18.8. The van der Waals surface area contributed by atoms with Gasteiger partial charge in [-0.15, -0.1) is 0 Å². The predicted octanol–water partition coefficient (Wildman–Crippen LogP) is 14.0. The largest absolute Gasteiger partial charge is 0.507 e. The molecule has 0 saturated heterocycles. The number of ether oxygens (including phenoxy) is 2. The third-order valence-corrected chi connectivity index (χ3v) is 10.3. The van der Waals surface area contributed by atoms with Crippen LogP contribution in [0.1, 0.15) is 220 Å². The van der Waals surface area contributed by atoms with E-state index in [-0.39, 0.29) is 33.9 Å². The molecule has 6 nitrogen and oxygen atoms in total. The Morgan fingerprint density at radius 1 is 0.545 bits per heavy atom. The second-order valence-corrected chi connectivity index (χ2v) is 18.8. The van der Waals surface area contributed by atoms with Gasteiger partial charge in [0, 0.05) is 18.4 Å². The molecule has 0 aromatic heterocycles. The molecule has 0 saturated carbocycles. The van der Waals surface area contributed by atoms with Crippen molar-refractivity contribution in [2.24, 2.45) is 0 Å². The molecule has 0 amide bonds. The summed E-state index contributed by atoms with van der Waals surface area (Å²) in [6.45, 7) is 25.1. The summed E-state index contributed by atoms with van der Waals surface area (Å²) in [5.41, 5.74) is 3.98. The van der Waals surface area contributed by atoms with E-state index in [2.05, 4.69) is 60.6 Å². The summed E-state index contributed by atoms with van der Waals surface area (Å²) in [7, 11) is 0. The fourth-order valence-corrected chi connectivity index (χ4v) is 6.72. The predicted molar refractivity (Wildman–Crippen MR) is 232 cm³/mol. The van der Waals surface area contributed by atoms with Crippen LogP contribution >= 0.6 is 0 Å². The van der Waals surface area contributed by atoms with Crippen LogP contribution in [0.25, 0.3) is 0 Å². The summed E-state index contributed by atoms with van der Waals surface area (Å²) in [6, 6.07) is 7.54. The molecule has 0 bridgehead atoms. The third-order valence-electron chi connectivity index (χ3n) is 10.3. The quantitative estimate of drug-likeness (QED) is 0.0704. The topological polar surface area (TPSA) is 93.1 Å². The number of carbonyl (C=O) groups is 2. The Morgan fingerprint density at radius 3 is 1.35 bits per heavy atom. The molecular formula is C49H82O6. The van der Waals surface area contributed by atoms with Crippen molar-refractivity contribution in [1.82, 2.24) is 0 Å². The van der Waals surface area contributed by atoms with Gasteiger partial charge in [-0.3, -0.25) is 9.59 Å². The van der Waals surface area contributed by atoms with Gasteiger partial charge in [-0.2, -0.15) is 0 Å². The van der Waals surface area contributed by atoms with Gasteiger partial charge < -0.3 is 19.7 Å². The zero-order valence-electron chi connectivity index (χ0n) is 37.5. The highest BCUT2D eigenvalue weighted by Crippen LogP contribution is 2.40. The van der Waals surface area contributed by atoms with E-state index in [1.54, 1.807) is 26.0 Å². The monoisotopic (exact) mass is 767 g/mol. The third kappa shape index (κ3) is 20.6. The normalized spacial score (nSPS) is 11.9. The average molecular weight is 767 g/mol. The molecule has 314 valence electrons. The first-order valence-corrected chi connectivity index (χ1v) is 21.8. The Labute approximate surface area is 337 Å². The molecule has 55 heavy (non-hydrogen) atoms. The van der Waals surface area contributed by atoms with Crippen LogP contribution in [0.5, 0.6) is 17.2 Å². The number of hydrogen-bond donors (Lipinski definition) is 2. The SMILES string of the molecule is CCC(=O)Oc1cc(C)c(O)c(C(C)(C)C)c1.CCCCCCCCCCCCCCCCCCOC(=O)CCc1cc(C(C)(C)C)c(O)c(C(C)(C)C)c1. The van der Waals surface area contributed by atoms with Crippen LogP contribution in [0.2, 0.25) is 0 Å².